The van der Waals surface area contributed by atoms with Crippen LogP contribution in [0.5, 0.6) is 0 Å². The molecule has 0 aliphatic rings. The Morgan fingerprint density at radius 1 is 1.00 bits per heavy atom. The van der Waals surface area contributed by atoms with Crippen molar-refractivity contribution in [2.75, 3.05) is 0 Å². The van der Waals surface area contributed by atoms with Crippen LogP contribution in [0.3, 0.4) is 0 Å². The minimum atomic E-state index is 0.570. The lowest BCUT2D eigenvalue weighted by Crippen LogP contribution is -2.31. The highest BCUT2D eigenvalue weighted by Gasteiger charge is 2.13. The van der Waals surface area contributed by atoms with E-state index in [0.29, 0.717) is 5.92 Å². The predicted octanol–water partition coefficient (Wildman–Crippen LogP) is 3.92. The second-order valence-corrected chi connectivity index (χ2v) is 5.43. The van der Waals surface area contributed by atoms with Crippen molar-refractivity contribution in [1.82, 2.24) is 0 Å². The van der Waals surface area contributed by atoms with Gasteiger partial charge in [0, 0.05) is 17.2 Å². The molecule has 1 nitrogen and oxygen atoms in total. The lowest BCUT2D eigenvalue weighted by Gasteiger charge is -2.10. The fraction of sp³-hybridized carbons (Fsp3) is 0.353. The molecule has 1 aromatic heterocycles. The van der Waals surface area contributed by atoms with Gasteiger partial charge in [-0.05, 0) is 43.0 Å². The highest BCUT2D eigenvalue weighted by molar-refractivity contribution is 5.62. The number of rotatable bonds is 2. The predicted molar refractivity (Wildman–Crippen MR) is 76.6 cm³/mol. The molecule has 1 aromatic carbocycles. The number of aromatic nitrogens is 1. The Morgan fingerprint density at radius 2 is 1.72 bits per heavy atom. The van der Waals surface area contributed by atoms with Crippen LogP contribution >= 0.6 is 0 Å². The minimum absolute atomic E-state index is 0.570. The zero-order chi connectivity index (χ0) is 13.3. The summed E-state index contributed by atoms with van der Waals surface area (Å²) < 4.78 is 2.21. The van der Waals surface area contributed by atoms with Crippen molar-refractivity contribution < 1.29 is 4.57 Å². The molecule has 0 aliphatic heterocycles. The maximum Gasteiger partial charge on any atom is 0.212 e. The van der Waals surface area contributed by atoms with Crippen LogP contribution in [0.4, 0.5) is 0 Å². The van der Waals surface area contributed by atoms with Crippen molar-refractivity contribution in [2.24, 2.45) is 7.05 Å². The second-order valence-electron chi connectivity index (χ2n) is 5.43. The van der Waals surface area contributed by atoms with Crippen LogP contribution in [0.25, 0.3) is 11.3 Å². The van der Waals surface area contributed by atoms with Crippen LogP contribution in [-0.4, -0.2) is 0 Å². The standard InChI is InChI=1S/C17H22N/c1-12(2)15-8-7-14(4)16(10-15)17-9-6-13(3)11-18(17)5/h6-12H,1-5H3/q+1. The van der Waals surface area contributed by atoms with E-state index < -0.39 is 0 Å². The Balaban J connectivity index is 2.59. The maximum absolute atomic E-state index is 2.32. The van der Waals surface area contributed by atoms with Crippen LogP contribution in [0.15, 0.2) is 36.5 Å². The first-order valence-corrected chi connectivity index (χ1v) is 6.56. The molecule has 0 aliphatic carbocycles. The summed E-state index contributed by atoms with van der Waals surface area (Å²) in [5.74, 6) is 0.570. The third kappa shape index (κ3) is 2.45. The third-order valence-electron chi connectivity index (χ3n) is 3.49. The Bertz CT molecular complexity index is 568. The highest BCUT2D eigenvalue weighted by Crippen LogP contribution is 2.25. The van der Waals surface area contributed by atoms with Crippen molar-refractivity contribution in [1.29, 1.82) is 0 Å². The second kappa shape index (κ2) is 4.93. The molecule has 0 amide bonds. The minimum Gasteiger partial charge on any atom is -0.201 e. The van der Waals surface area contributed by atoms with Gasteiger partial charge in [-0.1, -0.05) is 26.0 Å². The first kappa shape index (κ1) is 12.8. The maximum atomic E-state index is 2.32. The Labute approximate surface area is 110 Å². The molecule has 0 bridgehead atoms. The highest BCUT2D eigenvalue weighted by atomic mass is 14.9. The number of hydrogen-bond acceptors (Lipinski definition) is 0. The number of benzene rings is 1. The van der Waals surface area contributed by atoms with E-state index in [-0.39, 0.29) is 0 Å². The molecule has 0 radical (unpaired) electrons. The van der Waals surface area contributed by atoms with Gasteiger partial charge in [0.2, 0.25) is 5.69 Å². The summed E-state index contributed by atoms with van der Waals surface area (Å²) in [6, 6.07) is 11.2. The fourth-order valence-electron chi connectivity index (χ4n) is 2.30. The van der Waals surface area contributed by atoms with Gasteiger partial charge in [-0.15, -0.1) is 0 Å². The van der Waals surface area contributed by atoms with Gasteiger partial charge in [0.15, 0.2) is 6.20 Å². The van der Waals surface area contributed by atoms with E-state index in [1.54, 1.807) is 0 Å². The van der Waals surface area contributed by atoms with Crippen molar-refractivity contribution >= 4 is 0 Å². The molecule has 2 rings (SSSR count). The van der Waals surface area contributed by atoms with E-state index in [2.05, 4.69) is 75.8 Å². The molecular formula is C17H22N+. The SMILES string of the molecule is Cc1ccc(-c2cc(C(C)C)ccc2C)[n+](C)c1. The number of hydrogen-bond donors (Lipinski definition) is 0. The topological polar surface area (TPSA) is 3.88 Å². The lowest BCUT2D eigenvalue weighted by molar-refractivity contribution is -0.660. The molecule has 0 saturated carbocycles. The number of aryl methyl sites for hydroxylation is 3. The molecule has 2 aromatic rings. The van der Waals surface area contributed by atoms with Crippen molar-refractivity contribution in [3.63, 3.8) is 0 Å². The van der Waals surface area contributed by atoms with Crippen LogP contribution in [0.1, 0.15) is 36.5 Å². The molecule has 0 fully saturated rings. The normalized spacial score (nSPS) is 11.0. The average molecular weight is 240 g/mol. The van der Waals surface area contributed by atoms with Crippen LogP contribution in [0, 0.1) is 13.8 Å². The summed E-state index contributed by atoms with van der Waals surface area (Å²) >= 11 is 0. The molecule has 18 heavy (non-hydrogen) atoms. The first-order valence-electron chi connectivity index (χ1n) is 6.56. The average Bonchev–Trinajstić information content (AvgIpc) is 2.30. The molecule has 0 saturated heterocycles. The fourth-order valence-corrected chi connectivity index (χ4v) is 2.30. The Morgan fingerprint density at radius 3 is 2.33 bits per heavy atom. The van der Waals surface area contributed by atoms with Crippen LogP contribution < -0.4 is 4.57 Å². The summed E-state index contributed by atoms with van der Waals surface area (Å²) in [4.78, 5) is 0. The molecule has 1 heterocycles. The summed E-state index contributed by atoms with van der Waals surface area (Å²) in [7, 11) is 2.11. The van der Waals surface area contributed by atoms with Crippen LogP contribution in [-0.2, 0) is 7.05 Å². The monoisotopic (exact) mass is 240 g/mol. The molecule has 94 valence electrons. The smallest absolute Gasteiger partial charge is 0.201 e. The summed E-state index contributed by atoms with van der Waals surface area (Å²) in [5, 5.41) is 0. The number of nitrogens with zero attached hydrogens (tertiary/aromatic N) is 1. The van der Waals surface area contributed by atoms with E-state index in [1.807, 2.05) is 0 Å². The third-order valence-corrected chi connectivity index (χ3v) is 3.49. The van der Waals surface area contributed by atoms with E-state index in [0.717, 1.165) is 0 Å². The van der Waals surface area contributed by atoms with Crippen molar-refractivity contribution in [3.05, 3.63) is 53.2 Å². The largest absolute Gasteiger partial charge is 0.212 e. The van der Waals surface area contributed by atoms with Gasteiger partial charge in [0.25, 0.3) is 0 Å². The zero-order valence-electron chi connectivity index (χ0n) is 12.0. The molecule has 1 heteroatoms. The number of pyridine rings is 1. The zero-order valence-corrected chi connectivity index (χ0v) is 12.0. The van der Waals surface area contributed by atoms with Crippen molar-refractivity contribution in [3.8, 4) is 11.3 Å². The Kier molecular flexibility index (Phi) is 3.51. The van der Waals surface area contributed by atoms with Gasteiger partial charge in [-0.3, -0.25) is 0 Å². The van der Waals surface area contributed by atoms with E-state index in [1.165, 1.54) is 27.9 Å². The lowest BCUT2D eigenvalue weighted by atomic mass is 9.96. The van der Waals surface area contributed by atoms with Gasteiger partial charge in [-0.2, -0.15) is 0 Å². The summed E-state index contributed by atoms with van der Waals surface area (Å²) in [6.07, 6.45) is 2.18. The molecule has 0 N–H and O–H groups in total. The van der Waals surface area contributed by atoms with Crippen molar-refractivity contribution in [2.45, 2.75) is 33.6 Å². The van der Waals surface area contributed by atoms with E-state index in [4.69, 9.17) is 0 Å². The Hall–Kier alpha value is -1.63. The van der Waals surface area contributed by atoms with Gasteiger partial charge >= 0.3 is 0 Å². The van der Waals surface area contributed by atoms with Gasteiger partial charge in [0.1, 0.15) is 7.05 Å². The van der Waals surface area contributed by atoms with Gasteiger partial charge in [0.05, 0.1) is 0 Å². The van der Waals surface area contributed by atoms with Gasteiger partial charge < -0.3 is 0 Å². The first-order chi connectivity index (χ1) is 8.49. The molecule has 0 unspecified atom stereocenters. The van der Waals surface area contributed by atoms with Gasteiger partial charge in [-0.25, -0.2) is 4.57 Å². The molecule has 0 spiro atoms. The quantitative estimate of drug-likeness (QED) is 0.701. The van der Waals surface area contributed by atoms with Crippen LogP contribution in [0.2, 0.25) is 0 Å². The molecular weight excluding hydrogens is 218 g/mol. The summed E-state index contributed by atoms with van der Waals surface area (Å²) in [5.41, 5.74) is 6.64. The summed E-state index contributed by atoms with van der Waals surface area (Å²) in [6.45, 7) is 8.79. The van der Waals surface area contributed by atoms with E-state index >= 15 is 0 Å². The van der Waals surface area contributed by atoms with E-state index in [9.17, 15) is 0 Å². The molecule has 0 atom stereocenters.